The van der Waals surface area contributed by atoms with Gasteiger partial charge in [-0.1, -0.05) is 121 Å². The van der Waals surface area contributed by atoms with Crippen LogP contribution in [0.15, 0.2) is 132 Å². The number of carbonyl (C=O) groups is 1. The fourth-order valence-electron chi connectivity index (χ4n) is 8.99. The first-order valence-electron chi connectivity index (χ1n) is 21.8. The zero-order chi connectivity index (χ0) is 42.2. The molecule has 3 aliphatic rings. The lowest BCUT2D eigenvalue weighted by atomic mass is 9.97. The minimum atomic E-state index is -3.97. The molecule has 3 heterocycles. The highest BCUT2D eigenvalue weighted by atomic mass is 32.2. The van der Waals surface area contributed by atoms with Crippen LogP contribution in [0, 0.1) is 6.92 Å². The molecule has 3 fully saturated rings. The molecule has 5 aromatic rings. The van der Waals surface area contributed by atoms with Crippen LogP contribution in [-0.2, 0) is 43.9 Å². The van der Waals surface area contributed by atoms with Crippen molar-refractivity contribution < 1.29 is 27.8 Å². The Hall–Kier alpha value is -4.72. The third-order valence-electron chi connectivity index (χ3n) is 12.4. The molecule has 61 heavy (non-hydrogen) atoms. The highest BCUT2D eigenvalue weighted by Crippen LogP contribution is 2.39. The van der Waals surface area contributed by atoms with E-state index in [1.807, 2.05) is 73.7 Å². The Bertz CT molecular complexity index is 2300. The summed E-state index contributed by atoms with van der Waals surface area (Å²) in [5.41, 5.74) is 7.49. The van der Waals surface area contributed by atoms with Gasteiger partial charge in [0.05, 0.1) is 23.7 Å². The number of nitrogens with zero attached hydrogens (tertiary/aromatic N) is 2. The third-order valence-corrected chi connectivity index (χ3v) is 13.9. The molecule has 3 aliphatic heterocycles. The van der Waals surface area contributed by atoms with E-state index >= 15 is 0 Å². The summed E-state index contributed by atoms with van der Waals surface area (Å²) in [4.78, 5) is 19.2. The predicted octanol–water partition coefficient (Wildman–Crippen LogP) is 7.47. The summed E-state index contributed by atoms with van der Waals surface area (Å²) in [7, 11) is -3.97. The van der Waals surface area contributed by atoms with Gasteiger partial charge in [-0.25, -0.2) is 8.42 Å². The number of hydrogen-bond donors (Lipinski definition) is 3. The van der Waals surface area contributed by atoms with Gasteiger partial charge in [0.1, 0.15) is 6.04 Å². The van der Waals surface area contributed by atoms with Crippen LogP contribution in [0.4, 0.5) is 0 Å². The molecule has 0 aromatic heterocycles. The van der Waals surface area contributed by atoms with Gasteiger partial charge in [0.2, 0.25) is 15.9 Å². The van der Waals surface area contributed by atoms with Gasteiger partial charge in [-0.15, -0.1) is 0 Å². The Morgan fingerprint density at radius 3 is 2.21 bits per heavy atom. The molecule has 3 N–H and O–H groups in total. The summed E-state index contributed by atoms with van der Waals surface area (Å²) in [6.07, 6.45) is 5.24. The van der Waals surface area contributed by atoms with Crippen molar-refractivity contribution >= 4 is 15.9 Å². The molecule has 3 saturated heterocycles. The number of rotatable bonds is 16. The van der Waals surface area contributed by atoms with Crippen LogP contribution in [0.1, 0.15) is 77.9 Å². The van der Waals surface area contributed by atoms with Gasteiger partial charge in [0.25, 0.3) is 0 Å². The Morgan fingerprint density at radius 2 is 1.48 bits per heavy atom. The minimum absolute atomic E-state index is 0.000222. The van der Waals surface area contributed by atoms with E-state index in [0.29, 0.717) is 6.04 Å². The van der Waals surface area contributed by atoms with Gasteiger partial charge in [-0.2, -0.15) is 4.72 Å². The van der Waals surface area contributed by atoms with Crippen LogP contribution in [0.25, 0.3) is 11.1 Å². The van der Waals surface area contributed by atoms with Crippen molar-refractivity contribution in [3.8, 4) is 11.1 Å². The van der Waals surface area contributed by atoms with Gasteiger partial charge in [0.15, 0.2) is 6.29 Å². The fraction of sp³-hybridized carbons (Fsp3) is 0.380. The van der Waals surface area contributed by atoms with Crippen LogP contribution in [-0.4, -0.2) is 80.1 Å². The van der Waals surface area contributed by atoms with E-state index in [1.165, 1.54) is 38.8 Å². The largest absolute Gasteiger partial charge is 0.392 e. The van der Waals surface area contributed by atoms with Crippen molar-refractivity contribution in [2.24, 2.45) is 0 Å². The molecular weight excluding hydrogens is 785 g/mol. The maximum absolute atomic E-state index is 13.9. The summed E-state index contributed by atoms with van der Waals surface area (Å²) in [6.45, 7) is 7.59. The zero-order valence-corrected chi connectivity index (χ0v) is 35.8. The van der Waals surface area contributed by atoms with Crippen LogP contribution >= 0.6 is 0 Å². The number of nitrogens with one attached hydrogen (secondary N) is 2. The Kier molecular flexibility index (Phi) is 14.1. The van der Waals surface area contributed by atoms with Gasteiger partial charge in [-0.05, 0) is 104 Å². The third kappa shape index (κ3) is 11.0. The molecule has 0 bridgehead atoms. The van der Waals surface area contributed by atoms with Crippen LogP contribution in [0.5, 0.6) is 0 Å². The first kappa shape index (κ1) is 42.9. The quantitative estimate of drug-likeness (QED) is 0.0937. The maximum atomic E-state index is 13.9. The first-order valence-corrected chi connectivity index (χ1v) is 23.2. The second-order valence-corrected chi connectivity index (χ2v) is 18.5. The lowest BCUT2D eigenvalue weighted by molar-refractivity contribution is -0.253. The minimum Gasteiger partial charge on any atom is -0.392 e. The molecule has 5 atom stereocenters. The second kappa shape index (κ2) is 20.0. The van der Waals surface area contributed by atoms with Crippen molar-refractivity contribution in [2.75, 3.05) is 32.7 Å². The normalized spacial score (nSPS) is 21.7. The summed E-state index contributed by atoms with van der Waals surface area (Å²) in [6, 6.07) is 39.7. The number of aliphatic hydroxyl groups is 1. The molecule has 320 valence electrons. The van der Waals surface area contributed by atoms with E-state index < -0.39 is 28.3 Å². The number of amides is 1. The van der Waals surface area contributed by atoms with Gasteiger partial charge >= 0.3 is 0 Å². The summed E-state index contributed by atoms with van der Waals surface area (Å²) in [5.74, 6) is -0.414. The van der Waals surface area contributed by atoms with Crippen molar-refractivity contribution in [2.45, 2.75) is 94.1 Å². The van der Waals surface area contributed by atoms with E-state index in [9.17, 15) is 18.3 Å². The van der Waals surface area contributed by atoms with E-state index in [1.54, 1.807) is 24.3 Å². The molecule has 8 rings (SSSR count). The van der Waals surface area contributed by atoms with Crippen molar-refractivity contribution in [1.29, 1.82) is 0 Å². The topological polar surface area (TPSA) is 120 Å². The molecule has 0 unspecified atom stereocenters. The standard InChI is InChI=1S/C50H58N4O6S/c1-36-15-25-45(26-16-36)61(57,58)52-47(30-37-10-3-2-4-11-37)49(56)51-32-42-12-5-6-14-46(42)39-21-23-41(24-22-39)50-59-44(31-48(60-50)40-19-17-38(35-55)18-20-40)34-54-29-9-13-43(54)33-53-27-7-8-28-53/h2-6,10-12,14-26,43-44,47-48,50,52,55H,7-9,13,27-35H2,1H3,(H,51,56)/t43-,44-,47+,48+,50+/m0/s1. The Morgan fingerprint density at radius 1 is 0.770 bits per heavy atom. The molecule has 10 nitrogen and oxygen atoms in total. The first-order chi connectivity index (χ1) is 29.7. The molecule has 0 spiro atoms. The van der Waals surface area contributed by atoms with Crippen molar-refractivity contribution in [3.63, 3.8) is 0 Å². The molecule has 11 heteroatoms. The summed E-state index contributed by atoms with van der Waals surface area (Å²) < 4.78 is 43.1. The smallest absolute Gasteiger partial charge is 0.241 e. The number of carbonyl (C=O) groups excluding carboxylic acids is 1. The average molecular weight is 843 g/mol. The van der Waals surface area contributed by atoms with E-state index in [4.69, 9.17) is 9.47 Å². The molecule has 0 aliphatic carbocycles. The molecule has 5 aromatic carbocycles. The number of likely N-dealkylation sites (tertiary alicyclic amines) is 2. The molecule has 0 radical (unpaired) electrons. The molecule has 1 amide bonds. The maximum Gasteiger partial charge on any atom is 0.241 e. The van der Waals surface area contributed by atoms with E-state index in [0.717, 1.165) is 70.6 Å². The van der Waals surface area contributed by atoms with Crippen LogP contribution in [0.2, 0.25) is 0 Å². The van der Waals surface area contributed by atoms with E-state index in [2.05, 4.69) is 56.2 Å². The monoisotopic (exact) mass is 842 g/mol. The van der Waals surface area contributed by atoms with Gasteiger partial charge < -0.3 is 24.8 Å². The molecule has 0 saturated carbocycles. The number of aliphatic hydroxyl groups excluding tert-OH is 1. The Labute approximate surface area is 361 Å². The number of sulfonamides is 1. The lowest BCUT2D eigenvalue weighted by Crippen LogP contribution is -2.47. The SMILES string of the molecule is Cc1ccc(S(=O)(=O)N[C@H](Cc2ccccc2)C(=O)NCc2ccccc2-c2ccc([C@@H]3O[C@H](CN4CCC[C@H]4CN4CCCC4)C[C@H](c4ccc(CO)cc4)O3)cc2)cc1. The van der Waals surface area contributed by atoms with Gasteiger partial charge in [0, 0.05) is 37.7 Å². The highest BCUT2D eigenvalue weighted by molar-refractivity contribution is 7.89. The predicted molar refractivity (Wildman–Crippen MR) is 238 cm³/mol. The number of aryl methyl sites for hydroxylation is 1. The highest BCUT2D eigenvalue weighted by Gasteiger charge is 2.36. The van der Waals surface area contributed by atoms with Crippen LogP contribution in [0.3, 0.4) is 0 Å². The van der Waals surface area contributed by atoms with Crippen LogP contribution < -0.4 is 10.0 Å². The second-order valence-electron chi connectivity index (χ2n) is 16.8. The van der Waals surface area contributed by atoms with E-state index in [-0.39, 0.29) is 36.7 Å². The summed E-state index contributed by atoms with van der Waals surface area (Å²) in [5, 5.41) is 12.7. The van der Waals surface area contributed by atoms with Crippen molar-refractivity contribution in [1.82, 2.24) is 19.8 Å². The number of benzene rings is 5. The van der Waals surface area contributed by atoms with Gasteiger partial charge in [-0.3, -0.25) is 9.69 Å². The fourth-order valence-corrected chi connectivity index (χ4v) is 10.2. The zero-order valence-electron chi connectivity index (χ0n) is 35.0. The lowest BCUT2D eigenvalue weighted by Gasteiger charge is -2.39. The average Bonchev–Trinajstić information content (AvgIpc) is 3.98. The number of hydrogen-bond acceptors (Lipinski definition) is 8. The Balaban J connectivity index is 0.972. The summed E-state index contributed by atoms with van der Waals surface area (Å²) >= 11 is 0. The number of ether oxygens (including phenoxy) is 2. The van der Waals surface area contributed by atoms with Crippen molar-refractivity contribution in [3.05, 3.63) is 161 Å². The molecular formula is C50H58N4O6S.